The van der Waals surface area contributed by atoms with Crippen LogP contribution >= 0.6 is 0 Å². The maximum Gasteiger partial charge on any atom is 0.350 e. The number of hydrogen-bond donors (Lipinski definition) is 2. The zero-order valence-corrected chi connectivity index (χ0v) is 12.8. The average molecular weight is 330 g/mol. The molecule has 0 unspecified atom stereocenters. The van der Waals surface area contributed by atoms with Crippen LogP contribution in [0, 0.1) is 5.92 Å². The first-order chi connectivity index (χ1) is 10.7. The van der Waals surface area contributed by atoms with E-state index in [9.17, 15) is 18.8 Å². The number of nitrogens with one attached hydrogen (secondary N) is 1. The molecule has 1 aromatic rings. The number of halogens is 1. The van der Waals surface area contributed by atoms with Gasteiger partial charge in [-0.3, -0.25) is 14.3 Å². The summed E-state index contributed by atoms with van der Waals surface area (Å²) in [6.07, 6.45) is 0.137. The minimum absolute atomic E-state index is 0.0760. The Morgan fingerprint density at radius 2 is 2.35 bits per heavy atom. The fourth-order valence-electron chi connectivity index (χ4n) is 2.11. The highest BCUT2D eigenvalue weighted by molar-refractivity contribution is 5.75. The molecule has 2 heterocycles. The molecular weight excluding hydrogens is 311 g/mol. The van der Waals surface area contributed by atoms with Crippen molar-refractivity contribution in [3.63, 3.8) is 0 Å². The number of H-pyrrole nitrogens is 1. The summed E-state index contributed by atoms with van der Waals surface area (Å²) in [4.78, 5) is 39.6. The predicted octanol–water partition coefficient (Wildman–Crippen LogP) is -0.567. The van der Waals surface area contributed by atoms with Crippen LogP contribution in [-0.2, 0) is 14.3 Å². The summed E-state index contributed by atoms with van der Waals surface area (Å²) in [7, 11) is 0. The number of carbonyl (C=O) groups is 1. The lowest BCUT2D eigenvalue weighted by Crippen LogP contribution is -2.40. The number of alkyl halides is 1. The van der Waals surface area contributed by atoms with Gasteiger partial charge >= 0.3 is 17.3 Å². The number of nitrogens with zero attached hydrogens (tertiary/aromatic N) is 2. The van der Waals surface area contributed by atoms with E-state index in [1.807, 2.05) is 4.98 Å². The van der Waals surface area contributed by atoms with Crippen molar-refractivity contribution < 1.29 is 18.7 Å². The van der Waals surface area contributed by atoms with Crippen molar-refractivity contribution in [3.8, 4) is 0 Å². The molecule has 1 aliphatic heterocycles. The maximum absolute atomic E-state index is 14.5. The highest BCUT2D eigenvalue weighted by atomic mass is 19.2. The van der Waals surface area contributed by atoms with Gasteiger partial charge in [-0.2, -0.15) is 4.98 Å². The molecule has 0 saturated carbocycles. The predicted molar refractivity (Wildman–Crippen MR) is 76.1 cm³/mol. The Balaban J connectivity index is 1.99. The summed E-state index contributed by atoms with van der Waals surface area (Å²) in [5.74, 6) is -3.07. The van der Waals surface area contributed by atoms with Crippen LogP contribution in [0.3, 0.4) is 0 Å². The van der Waals surface area contributed by atoms with Crippen LogP contribution in [0.1, 0.15) is 32.9 Å². The molecule has 0 radical (unpaired) electrons. The number of aromatic amines is 1. The van der Waals surface area contributed by atoms with Gasteiger partial charge in [-0.05, 0) is 12.3 Å². The van der Waals surface area contributed by atoms with E-state index in [4.69, 9.17) is 15.2 Å². The second-order valence-electron chi connectivity index (χ2n) is 5.76. The number of ether oxygens (including phenoxy) is 2. The number of nitrogens with two attached hydrogens (primary N) is 1. The number of esters is 1. The van der Waals surface area contributed by atoms with Gasteiger partial charge in [-0.25, -0.2) is 14.0 Å². The fraction of sp³-hybridized carbons (Fsp3) is 0.692. The molecule has 0 spiro atoms. The second kappa shape index (κ2) is 6.59. The second-order valence-corrected chi connectivity index (χ2v) is 5.76. The molecule has 10 heteroatoms. The van der Waals surface area contributed by atoms with Gasteiger partial charge in [0.2, 0.25) is 5.85 Å². The summed E-state index contributed by atoms with van der Waals surface area (Å²) in [6, 6.07) is -0.846. The number of hydrogen-bond acceptors (Lipinski definition) is 7. The van der Waals surface area contributed by atoms with E-state index in [0.717, 1.165) is 10.9 Å². The Kier molecular flexibility index (Phi) is 4.95. The molecule has 1 fully saturated rings. The molecule has 1 aromatic heterocycles. The molecule has 1 aliphatic rings. The van der Waals surface area contributed by atoms with Crippen molar-refractivity contribution in [2.24, 2.45) is 11.7 Å². The maximum atomic E-state index is 14.5. The molecule has 0 aliphatic carbocycles. The monoisotopic (exact) mass is 330 g/mol. The summed E-state index contributed by atoms with van der Waals surface area (Å²) in [5.41, 5.74) is 4.06. The Bertz CT molecular complexity index is 687. The molecule has 0 bridgehead atoms. The average Bonchev–Trinajstić information content (AvgIpc) is 2.86. The van der Waals surface area contributed by atoms with Crippen LogP contribution in [0.25, 0.3) is 0 Å². The number of rotatable bonds is 5. The van der Waals surface area contributed by atoms with Gasteiger partial charge in [0.15, 0.2) is 6.61 Å². The van der Waals surface area contributed by atoms with Gasteiger partial charge in [0, 0.05) is 6.42 Å². The van der Waals surface area contributed by atoms with E-state index in [1.54, 1.807) is 13.8 Å². The van der Waals surface area contributed by atoms with Crippen LogP contribution in [0.2, 0.25) is 0 Å². The number of aromatic nitrogens is 3. The lowest BCUT2D eigenvalue weighted by atomic mass is 10.1. The quantitative estimate of drug-likeness (QED) is 0.692. The van der Waals surface area contributed by atoms with Crippen molar-refractivity contribution in [2.75, 3.05) is 6.61 Å². The van der Waals surface area contributed by atoms with Crippen molar-refractivity contribution in [3.05, 3.63) is 27.3 Å². The molecule has 2 rings (SSSR count). The van der Waals surface area contributed by atoms with E-state index < -0.39 is 42.1 Å². The Labute approximate surface area is 130 Å². The van der Waals surface area contributed by atoms with Crippen molar-refractivity contribution in [1.82, 2.24) is 14.5 Å². The summed E-state index contributed by atoms with van der Waals surface area (Å²) < 4.78 is 25.5. The first-order valence-electron chi connectivity index (χ1n) is 7.18. The molecule has 23 heavy (non-hydrogen) atoms. The first-order valence-corrected chi connectivity index (χ1v) is 7.18. The van der Waals surface area contributed by atoms with Gasteiger partial charge < -0.3 is 15.2 Å². The van der Waals surface area contributed by atoms with Crippen LogP contribution in [0.15, 0.2) is 15.9 Å². The number of carbonyl (C=O) groups excluding carboxylic acids is 1. The Hall–Kier alpha value is -2.07. The molecular formula is C13H19FN4O5. The van der Waals surface area contributed by atoms with Crippen LogP contribution in [-0.4, -0.2) is 39.0 Å². The zero-order chi connectivity index (χ0) is 17.2. The molecule has 9 nitrogen and oxygen atoms in total. The molecule has 128 valence electrons. The molecule has 3 atom stereocenters. The van der Waals surface area contributed by atoms with E-state index in [2.05, 4.69) is 4.98 Å². The van der Waals surface area contributed by atoms with Gasteiger partial charge in [-0.1, -0.05) is 13.8 Å². The molecule has 3 N–H and O–H groups in total. The largest absolute Gasteiger partial charge is 0.458 e. The fourth-order valence-corrected chi connectivity index (χ4v) is 2.11. The smallest absolute Gasteiger partial charge is 0.350 e. The van der Waals surface area contributed by atoms with E-state index >= 15 is 0 Å². The first kappa shape index (κ1) is 17.3. The Morgan fingerprint density at radius 1 is 1.65 bits per heavy atom. The summed E-state index contributed by atoms with van der Waals surface area (Å²) in [5, 5.41) is 0. The highest BCUT2D eigenvalue weighted by Gasteiger charge is 2.43. The third kappa shape index (κ3) is 4.02. The van der Waals surface area contributed by atoms with Gasteiger partial charge in [0.1, 0.15) is 18.6 Å². The van der Waals surface area contributed by atoms with Gasteiger partial charge in [-0.15, -0.1) is 0 Å². The SMILES string of the molecule is CC(C)[C@H](N)C(=O)OC[C@]1(F)CC[C@H](n2cnc(=O)[nH]c2=O)O1. The van der Waals surface area contributed by atoms with Crippen molar-refractivity contribution in [2.45, 2.75) is 44.8 Å². The van der Waals surface area contributed by atoms with Crippen LogP contribution < -0.4 is 17.1 Å². The minimum atomic E-state index is -2.22. The Morgan fingerprint density at radius 3 is 2.96 bits per heavy atom. The lowest BCUT2D eigenvalue weighted by Gasteiger charge is -2.22. The van der Waals surface area contributed by atoms with Gasteiger partial charge in [0.05, 0.1) is 0 Å². The van der Waals surface area contributed by atoms with E-state index in [1.165, 1.54) is 0 Å². The van der Waals surface area contributed by atoms with Crippen LogP contribution in [0.4, 0.5) is 4.39 Å². The zero-order valence-electron chi connectivity index (χ0n) is 12.8. The van der Waals surface area contributed by atoms with Crippen LogP contribution in [0.5, 0.6) is 0 Å². The molecule has 0 aromatic carbocycles. The minimum Gasteiger partial charge on any atom is -0.458 e. The van der Waals surface area contributed by atoms with E-state index in [-0.39, 0.29) is 18.8 Å². The summed E-state index contributed by atoms with van der Waals surface area (Å²) >= 11 is 0. The third-order valence-electron chi connectivity index (χ3n) is 3.59. The lowest BCUT2D eigenvalue weighted by molar-refractivity contribution is -0.195. The molecule has 0 amide bonds. The van der Waals surface area contributed by atoms with E-state index in [0.29, 0.717) is 0 Å². The third-order valence-corrected chi connectivity index (χ3v) is 3.59. The van der Waals surface area contributed by atoms with Crippen molar-refractivity contribution >= 4 is 5.97 Å². The molecule has 1 saturated heterocycles. The highest BCUT2D eigenvalue weighted by Crippen LogP contribution is 2.37. The van der Waals surface area contributed by atoms with Gasteiger partial charge in [0.25, 0.3) is 0 Å². The van der Waals surface area contributed by atoms with Crippen molar-refractivity contribution in [1.29, 1.82) is 0 Å². The summed E-state index contributed by atoms with van der Waals surface area (Å²) in [6.45, 7) is 2.87. The normalized spacial score (nSPS) is 25.5. The topological polar surface area (TPSA) is 129 Å². The standard InChI is InChI=1S/C13H19FN4O5/c1-7(2)9(15)10(19)22-5-13(14)4-3-8(23-13)18-6-16-11(20)17-12(18)21/h6-9H,3-5,15H2,1-2H3,(H,17,20,21)/t8-,9+,13+/m1/s1.